The number of rotatable bonds is 5. The van der Waals surface area contributed by atoms with Gasteiger partial charge in [-0.2, -0.15) is 0 Å². The Morgan fingerprint density at radius 2 is 1.94 bits per heavy atom. The normalized spacial score (nSPS) is 12.5. The molecule has 1 amide bonds. The molecule has 6 nitrogen and oxygen atoms in total. The number of anilines is 2. The van der Waals surface area contributed by atoms with Crippen LogP contribution >= 0.6 is 22.7 Å². The van der Waals surface area contributed by atoms with Gasteiger partial charge < -0.3 is 15.8 Å². The Bertz CT molecular complexity index is 1430. The molecule has 0 spiro atoms. The van der Waals surface area contributed by atoms with Crippen molar-refractivity contribution in [1.82, 2.24) is 4.98 Å². The van der Waals surface area contributed by atoms with E-state index in [-0.39, 0.29) is 5.91 Å². The number of hydrogen-bond donors (Lipinski definition) is 2. The number of aromatic nitrogens is 1. The van der Waals surface area contributed by atoms with Gasteiger partial charge in [-0.25, -0.2) is 9.78 Å². The van der Waals surface area contributed by atoms with E-state index in [0.29, 0.717) is 27.0 Å². The Labute approximate surface area is 205 Å². The van der Waals surface area contributed by atoms with Crippen molar-refractivity contribution in [3.63, 3.8) is 0 Å². The summed E-state index contributed by atoms with van der Waals surface area (Å²) in [6, 6.07) is 12.0. The molecule has 0 unspecified atom stereocenters. The number of fused-ring (bicyclic) bond motifs is 4. The van der Waals surface area contributed by atoms with Gasteiger partial charge in [0.2, 0.25) is 0 Å². The summed E-state index contributed by atoms with van der Waals surface area (Å²) in [5.41, 5.74) is 11.2. The lowest BCUT2D eigenvalue weighted by molar-refractivity contribution is 0.0603. The smallest absolute Gasteiger partial charge is 0.341 e. The fourth-order valence-corrected chi connectivity index (χ4v) is 6.65. The predicted octanol–water partition coefficient (Wildman–Crippen LogP) is 5.94. The Hall–Kier alpha value is -3.23. The molecule has 3 aromatic heterocycles. The second-order valence-corrected chi connectivity index (χ2v) is 10.9. The van der Waals surface area contributed by atoms with Crippen LogP contribution in [0.5, 0.6) is 0 Å². The van der Waals surface area contributed by atoms with E-state index in [2.05, 4.69) is 25.2 Å². The number of carbonyl (C=O) groups is 2. The van der Waals surface area contributed by atoms with Crippen molar-refractivity contribution < 1.29 is 14.3 Å². The van der Waals surface area contributed by atoms with Gasteiger partial charge in [0.1, 0.15) is 20.3 Å². The number of carbonyl (C=O) groups excluding carboxylic acids is 2. The van der Waals surface area contributed by atoms with Gasteiger partial charge in [-0.1, -0.05) is 38.1 Å². The number of nitrogens with one attached hydrogen (secondary N) is 1. The summed E-state index contributed by atoms with van der Waals surface area (Å²) in [5.74, 6) is -0.325. The number of amides is 1. The zero-order valence-corrected chi connectivity index (χ0v) is 20.9. The molecule has 174 valence electrons. The summed E-state index contributed by atoms with van der Waals surface area (Å²) in [6.07, 6.45) is 2.57. The lowest BCUT2D eigenvalue weighted by Gasteiger charge is -2.17. The van der Waals surface area contributed by atoms with E-state index in [0.717, 1.165) is 51.2 Å². The maximum absolute atomic E-state index is 13.3. The highest BCUT2D eigenvalue weighted by molar-refractivity contribution is 7.21. The minimum absolute atomic E-state index is 0.344. The molecule has 5 rings (SSSR count). The van der Waals surface area contributed by atoms with Gasteiger partial charge in [0.15, 0.2) is 0 Å². The third-order valence-electron chi connectivity index (χ3n) is 5.98. The van der Waals surface area contributed by atoms with Crippen molar-refractivity contribution in [3.05, 3.63) is 63.0 Å². The van der Waals surface area contributed by atoms with Crippen LogP contribution in [0.1, 0.15) is 50.0 Å². The highest BCUT2D eigenvalue weighted by Crippen LogP contribution is 2.46. The van der Waals surface area contributed by atoms with Gasteiger partial charge >= 0.3 is 5.97 Å². The van der Waals surface area contributed by atoms with Crippen LogP contribution in [0.2, 0.25) is 0 Å². The molecule has 1 aromatic carbocycles. The van der Waals surface area contributed by atoms with Crippen molar-refractivity contribution in [2.24, 2.45) is 5.92 Å². The summed E-state index contributed by atoms with van der Waals surface area (Å²) >= 11 is 2.71. The zero-order chi connectivity index (χ0) is 24.0. The number of benzene rings is 1. The second-order valence-electron chi connectivity index (χ2n) is 8.81. The number of nitrogens with two attached hydrogens (primary N) is 1. The molecule has 0 radical (unpaired) electrons. The van der Waals surface area contributed by atoms with E-state index in [1.807, 2.05) is 30.3 Å². The number of thiophene rings is 2. The summed E-state index contributed by atoms with van der Waals surface area (Å²) in [4.78, 5) is 33.1. The zero-order valence-electron chi connectivity index (χ0n) is 19.2. The first-order valence-electron chi connectivity index (χ1n) is 11.2. The van der Waals surface area contributed by atoms with Crippen LogP contribution in [0.3, 0.4) is 0 Å². The fraction of sp³-hybridized carbons (Fsp3) is 0.269. The first-order valence-corrected chi connectivity index (χ1v) is 12.8. The molecule has 1 aliphatic carbocycles. The minimum Gasteiger partial charge on any atom is -0.465 e. The van der Waals surface area contributed by atoms with Crippen LogP contribution in [0.15, 0.2) is 36.4 Å². The second kappa shape index (κ2) is 8.85. The highest BCUT2D eigenvalue weighted by Gasteiger charge is 2.30. The molecule has 0 saturated carbocycles. The van der Waals surface area contributed by atoms with Gasteiger partial charge in [-0.05, 0) is 48.4 Å². The molecule has 0 aliphatic heterocycles. The van der Waals surface area contributed by atoms with E-state index in [1.54, 1.807) is 0 Å². The number of nitrogens with zero attached hydrogens (tertiary/aromatic N) is 1. The number of esters is 1. The summed E-state index contributed by atoms with van der Waals surface area (Å²) < 4.78 is 5.10. The molecule has 34 heavy (non-hydrogen) atoms. The largest absolute Gasteiger partial charge is 0.465 e. The number of hydrogen-bond acceptors (Lipinski definition) is 7. The van der Waals surface area contributed by atoms with Gasteiger partial charge in [-0.3, -0.25) is 4.79 Å². The van der Waals surface area contributed by atoms with Gasteiger partial charge in [-0.15, -0.1) is 22.7 Å². The van der Waals surface area contributed by atoms with Crippen LogP contribution in [-0.4, -0.2) is 24.0 Å². The lowest BCUT2D eigenvalue weighted by Crippen LogP contribution is -2.14. The van der Waals surface area contributed by atoms with Crippen molar-refractivity contribution in [3.8, 4) is 11.1 Å². The molecule has 1 aliphatic rings. The van der Waals surface area contributed by atoms with E-state index >= 15 is 0 Å². The van der Waals surface area contributed by atoms with Crippen LogP contribution in [0.4, 0.5) is 10.7 Å². The van der Waals surface area contributed by atoms with Crippen molar-refractivity contribution in [2.45, 2.75) is 33.1 Å². The van der Waals surface area contributed by atoms with Crippen LogP contribution in [0.25, 0.3) is 21.3 Å². The molecule has 3 heterocycles. The van der Waals surface area contributed by atoms with Gasteiger partial charge in [0.25, 0.3) is 5.91 Å². The summed E-state index contributed by atoms with van der Waals surface area (Å²) in [5, 5.41) is 4.22. The Kier molecular flexibility index (Phi) is 5.87. The molecule has 8 heteroatoms. The molecule has 0 saturated heterocycles. The van der Waals surface area contributed by atoms with Crippen molar-refractivity contribution >= 4 is 55.5 Å². The van der Waals surface area contributed by atoms with Gasteiger partial charge in [0.05, 0.1) is 12.8 Å². The lowest BCUT2D eigenvalue weighted by atomic mass is 9.88. The van der Waals surface area contributed by atoms with Crippen LogP contribution < -0.4 is 11.1 Å². The van der Waals surface area contributed by atoms with E-state index in [9.17, 15) is 9.59 Å². The molecular formula is C26H25N3O3S2. The SMILES string of the molecule is COC(=O)c1c(NC(=O)c2sc3nc(CC(C)C)ccc3c2N)sc2c1-c1ccccc1CC2. The Morgan fingerprint density at radius 3 is 2.71 bits per heavy atom. The van der Waals surface area contributed by atoms with Crippen LogP contribution in [0, 0.1) is 5.92 Å². The fourth-order valence-electron chi connectivity index (χ4n) is 4.45. The Balaban J connectivity index is 1.54. The average Bonchev–Trinajstić information content (AvgIpc) is 3.35. The molecule has 0 atom stereocenters. The molecule has 3 N–H and O–H groups in total. The number of nitrogen functional groups attached to an aromatic ring is 1. The number of methoxy groups -OCH3 is 1. The summed E-state index contributed by atoms with van der Waals surface area (Å²) in [6.45, 7) is 4.29. The first kappa shape index (κ1) is 22.6. The van der Waals surface area contributed by atoms with E-state index in [4.69, 9.17) is 15.5 Å². The van der Waals surface area contributed by atoms with Crippen molar-refractivity contribution in [2.75, 3.05) is 18.2 Å². The number of pyridine rings is 1. The quantitative estimate of drug-likeness (QED) is 0.337. The van der Waals surface area contributed by atoms with Gasteiger partial charge in [0, 0.05) is 21.5 Å². The summed E-state index contributed by atoms with van der Waals surface area (Å²) in [7, 11) is 1.36. The molecule has 0 bridgehead atoms. The Morgan fingerprint density at radius 1 is 1.15 bits per heavy atom. The maximum Gasteiger partial charge on any atom is 0.341 e. The van der Waals surface area contributed by atoms with Crippen molar-refractivity contribution in [1.29, 1.82) is 0 Å². The third-order valence-corrected chi connectivity index (χ3v) is 8.26. The molecule has 4 aromatic rings. The molecule has 0 fully saturated rings. The standard InChI is InChI=1S/C26H25N3O3S2/c1-13(2)12-15-9-10-17-21(27)22(34-24(17)28-15)23(30)29-25-20(26(31)32-3)19-16-7-5-4-6-14(16)8-11-18(19)33-25/h4-7,9-10,13H,8,11-12,27H2,1-3H3,(H,29,30). The monoisotopic (exact) mass is 491 g/mol. The number of ether oxygens (including phenoxy) is 1. The molecular weight excluding hydrogens is 466 g/mol. The third kappa shape index (κ3) is 3.86. The maximum atomic E-state index is 13.3. The van der Waals surface area contributed by atoms with E-state index in [1.165, 1.54) is 35.3 Å². The predicted molar refractivity (Wildman–Crippen MR) is 139 cm³/mol. The van der Waals surface area contributed by atoms with Crippen LogP contribution in [-0.2, 0) is 24.0 Å². The topological polar surface area (TPSA) is 94.3 Å². The minimum atomic E-state index is -0.464. The highest BCUT2D eigenvalue weighted by atomic mass is 32.1. The number of aryl methyl sites for hydroxylation is 2. The van der Waals surface area contributed by atoms with E-state index < -0.39 is 5.97 Å². The average molecular weight is 492 g/mol. The first-order chi connectivity index (χ1) is 16.4.